The number of non-ortho nitro benzene ring substituents is 1. The minimum absolute atomic E-state index is 0.0808. The fraction of sp³-hybridized carbons (Fsp3) is 0.143. The maximum atomic E-state index is 13.6. The fourth-order valence-corrected chi connectivity index (χ4v) is 1.96. The van der Waals surface area contributed by atoms with Crippen molar-refractivity contribution in [2.75, 3.05) is 12.4 Å². The van der Waals surface area contributed by atoms with Gasteiger partial charge in [0, 0.05) is 17.6 Å². The third-order valence-corrected chi connectivity index (χ3v) is 3.05. The Balaban J connectivity index is 2.19. The number of nitrogens with one attached hydrogen (secondary N) is 1. The Labute approximate surface area is 125 Å². The lowest BCUT2D eigenvalue weighted by atomic mass is 10.2. The van der Waals surface area contributed by atoms with E-state index in [1.807, 2.05) is 0 Å². The second kappa shape index (κ2) is 6.41. The molecule has 7 heteroatoms. The van der Waals surface area contributed by atoms with Gasteiger partial charge >= 0.3 is 0 Å². The second-order valence-electron chi connectivity index (χ2n) is 4.27. The highest BCUT2D eigenvalue weighted by Gasteiger charge is 2.10. The van der Waals surface area contributed by atoms with Crippen LogP contribution in [-0.2, 0) is 6.54 Å². The highest BCUT2D eigenvalue weighted by Crippen LogP contribution is 2.24. The molecule has 2 rings (SSSR count). The maximum Gasteiger partial charge on any atom is 0.273 e. The number of hydrogen-bond donors (Lipinski definition) is 1. The van der Waals surface area contributed by atoms with E-state index in [0.717, 1.165) is 0 Å². The zero-order valence-electron chi connectivity index (χ0n) is 11.1. The molecule has 110 valence electrons. The van der Waals surface area contributed by atoms with Crippen molar-refractivity contribution in [2.24, 2.45) is 0 Å². The molecule has 0 aliphatic heterocycles. The van der Waals surface area contributed by atoms with Crippen LogP contribution in [0.15, 0.2) is 36.4 Å². The molecule has 5 nitrogen and oxygen atoms in total. The minimum Gasteiger partial charge on any atom is -0.496 e. The van der Waals surface area contributed by atoms with Crippen LogP contribution in [-0.4, -0.2) is 12.0 Å². The van der Waals surface area contributed by atoms with Gasteiger partial charge in [-0.2, -0.15) is 0 Å². The van der Waals surface area contributed by atoms with Gasteiger partial charge in [-0.1, -0.05) is 11.6 Å². The van der Waals surface area contributed by atoms with Crippen molar-refractivity contribution >= 4 is 23.0 Å². The van der Waals surface area contributed by atoms with Gasteiger partial charge in [-0.15, -0.1) is 0 Å². The minimum atomic E-state index is -0.505. The lowest BCUT2D eigenvalue weighted by Gasteiger charge is -2.09. The molecule has 0 radical (unpaired) electrons. The van der Waals surface area contributed by atoms with Gasteiger partial charge < -0.3 is 10.1 Å². The molecule has 0 amide bonds. The summed E-state index contributed by atoms with van der Waals surface area (Å²) in [6.45, 7) is 0.219. The van der Waals surface area contributed by atoms with Gasteiger partial charge in [0.05, 0.1) is 23.8 Å². The van der Waals surface area contributed by atoms with Crippen molar-refractivity contribution in [2.45, 2.75) is 6.54 Å². The van der Waals surface area contributed by atoms with Gasteiger partial charge in [0.25, 0.3) is 5.69 Å². The van der Waals surface area contributed by atoms with E-state index in [9.17, 15) is 14.5 Å². The Morgan fingerprint density at radius 1 is 1.33 bits per heavy atom. The number of anilines is 1. The summed E-state index contributed by atoms with van der Waals surface area (Å²) >= 11 is 5.67. The van der Waals surface area contributed by atoms with Crippen molar-refractivity contribution in [3.8, 4) is 5.75 Å². The summed E-state index contributed by atoms with van der Waals surface area (Å²) in [7, 11) is 1.43. The molecule has 2 aromatic rings. The van der Waals surface area contributed by atoms with Gasteiger partial charge in [-0.05, 0) is 29.8 Å². The molecule has 0 heterocycles. The topological polar surface area (TPSA) is 64.4 Å². The Morgan fingerprint density at radius 2 is 2.10 bits per heavy atom. The second-order valence-corrected chi connectivity index (χ2v) is 4.71. The van der Waals surface area contributed by atoms with Gasteiger partial charge in [-0.25, -0.2) is 4.39 Å². The molecule has 0 unspecified atom stereocenters. The summed E-state index contributed by atoms with van der Waals surface area (Å²) in [4.78, 5) is 10.3. The number of nitro groups is 1. The number of ether oxygens (including phenoxy) is 1. The van der Waals surface area contributed by atoms with E-state index in [0.29, 0.717) is 16.3 Å². The predicted octanol–water partition coefficient (Wildman–Crippen LogP) is 4.01. The van der Waals surface area contributed by atoms with Crippen LogP contribution in [0, 0.1) is 15.9 Å². The van der Waals surface area contributed by atoms with E-state index in [1.54, 1.807) is 12.1 Å². The van der Waals surface area contributed by atoms with Crippen LogP contribution < -0.4 is 10.1 Å². The van der Waals surface area contributed by atoms with Crippen molar-refractivity contribution in [1.29, 1.82) is 0 Å². The van der Waals surface area contributed by atoms with E-state index < -0.39 is 10.7 Å². The summed E-state index contributed by atoms with van der Waals surface area (Å²) in [6.07, 6.45) is 0. The molecule has 1 N–H and O–H groups in total. The number of benzene rings is 2. The molecule has 0 bridgehead atoms. The van der Waals surface area contributed by atoms with Crippen molar-refractivity contribution < 1.29 is 14.1 Å². The van der Waals surface area contributed by atoms with Gasteiger partial charge in [0.1, 0.15) is 11.6 Å². The van der Waals surface area contributed by atoms with Crippen molar-refractivity contribution in [3.05, 3.63) is 62.9 Å². The predicted molar refractivity (Wildman–Crippen MR) is 78.4 cm³/mol. The first-order chi connectivity index (χ1) is 9.99. The summed E-state index contributed by atoms with van der Waals surface area (Å²) in [5.74, 6) is -0.113. The number of hydrogen-bond acceptors (Lipinski definition) is 4. The van der Waals surface area contributed by atoms with Crippen LogP contribution in [0.2, 0.25) is 5.02 Å². The number of methoxy groups -OCH3 is 1. The number of halogens is 2. The zero-order valence-corrected chi connectivity index (χ0v) is 11.9. The quantitative estimate of drug-likeness (QED) is 0.669. The molecular weight excluding hydrogens is 299 g/mol. The largest absolute Gasteiger partial charge is 0.496 e. The van der Waals surface area contributed by atoms with E-state index in [4.69, 9.17) is 16.3 Å². The number of nitro benzene ring substituents is 1. The molecule has 0 aliphatic carbocycles. The van der Waals surface area contributed by atoms with Gasteiger partial charge in [0.2, 0.25) is 0 Å². The molecule has 21 heavy (non-hydrogen) atoms. The molecule has 0 spiro atoms. The molecular formula is C14H12ClFN2O3. The van der Waals surface area contributed by atoms with Crippen LogP contribution >= 0.6 is 11.6 Å². The van der Waals surface area contributed by atoms with Crippen LogP contribution in [0.4, 0.5) is 15.8 Å². The van der Waals surface area contributed by atoms with Gasteiger partial charge in [0.15, 0.2) is 0 Å². The molecule has 0 saturated heterocycles. The normalized spacial score (nSPS) is 10.2. The molecule has 2 aromatic carbocycles. The summed E-state index contributed by atoms with van der Waals surface area (Å²) in [6, 6.07) is 8.63. The average molecular weight is 311 g/mol. The van der Waals surface area contributed by atoms with E-state index in [2.05, 4.69) is 5.32 Å². The summed E-state index contributed by atoms with van der Waals surface area (Å²) < 4.78 is 18.6. The Morgan fingerprint density at radius 3 is 2.71 bits per heavy atom. The third kappa shape index (κ3) is 3.82. The third-order valence-electron chi connectivity index (χ3n) is 2.81. The molecule has 0 fully saturated rings. The van der Waals surface area contributed by atoms with E-state index >= 15 is 0 Å². The first kappa shape index (κ1) is 15.1. The Bertz CT molecular complexity index is 679. The van der Waals surface area contributed by atoms with Crippen molar-refractivity contribution in [3.63, 3.8) is 0 Å². The lowest BCUT2D eigenvalue weighted by Crippen LogP contribution is -2.02. The van der Waals surface area contributed by atoms with Crippen molar-refractivity contribution in [1.82, 2.24) is 0 Å². The Hall–Kier alpha value is -2.34. The molecule has 0 atom stereocenters. The number of rotatable bonds is 5. The fourth-order valence-electron chi connectivity index (χ4n) is 1.80. The molecule has 0 saturated carbocycles. The highest BCUT2D eigenvalue weighted by molar-refractivity contribution is 6.30. The standard InChI is InChI=1S/C14H12ClFN2O3/c1-21-12-5-9(4-11(7-12)18(19)20)8-17-14-3-2-10(15)6-13(14)16/h2-7,17H,8H2,1H3. The lowest BCUT2D eigenvalue weighted by molar-refractivity contribution is -0.385. The average Bonchev–Trinajstić information content (AvgIpc) is 2.46. The maximum absolute atomic E-state index is 13.6. The Kier molecular flexibility index (Phi) is 4.59. The zero-order chi connectivity index (χ0) is 15.4. The summed E-state index contributed by atoms with van der Waals surface area (Å²) in [5.41, 5.74) is 0.794. The number of nitrogens with zero attached hydrogens (tertiary/aromatic N) is 1. The SMILES string of the molecule is COc1cc(CNc2ccc(Cl)cc2F)cc([N+](=O)[O-])c1. The monoisotopic (exact) mass is 310 g/mol. The van der Waals surface area contributed by atoms with Gasteiger partial charge in [-0.3, -0.25) is 10.1 Å². The summed E-state index contributed by atoms with van der Waals surface area (Å²) in [5, 5.41) is 14.0. The highest BCUT2D eigenvalue weighted by atomic mass is 35.5. The molecule has 0 aromatic heterocycles. The van der Waals surface area contributed by atoms with E-state index in [1.165, 1.54) is 31.4 Å². The smallest absolute Gasteiger partial charge is 0.273 e. The van der Waals surface area contributed by atoms with Crippen LogP contribution in [0.25, 0.3) is 0 Å². The first-order valence-corrected chi connectivity index (χ1v) is 6.38. The molecule has 0 aliphatic rings. The van der Waals surface area contributed by atoms with Crippen LogP contribution in [0.5, 0.6) is 5.75 Å². The van der Waals surface area contributed by atoms with Crippen LogP contribution in [0.3, 0.4) is 0 Å². The van der Waals surface area contributed by atoms with Crippen LogP contribution in [0.1, 0.15) is 5.56 Å². The first-order valence-electron chi connectivity index (χ1n) is 6.01. The van der Waals surface area contributed by atoms with E-state index in [-0.39, 0.29) is 17.9 Å².